The smallest absolute Gasteiger partial charge is 0.274 e. The molecule has 0 saturated carbocycles. The van der Waals surface area contributed by atoms with Gasteiger partial charge in [0.15, 0.2) is 0 Å². The van der Waals surface area contributed by atoms with Gasteiger partial charge in [0.2, 0.25) is 0 Å². The van der Waals surface area contributed by atoms with E-state index in [1.807, 2.05) is 35.2 Å². The highest BCUT2D eigenvalue weighted by Crippen LogP contribution is 2.27. The minimum absolute atomic E-state index is 0.0239. The number of para-hydroxylation sites is 2. The Balaban J connectivity index is 1.33. The molecule has 1 amide bonds. The van der Waals surface area contributed by atoms with Gasteiger partial charge in [-0.1, -0.05) is 12.1 Å². The fourth-order valence-corrected chi connectivity index (χ4v) is 4.03. The molecule has 4 rings (SSSR count). The Morgan fingerprint density at radius 1 is 1.03 bits per heavy atom. The fourth-order valence-electron chi connectivity index (χ4n) is 4.03. The second-order valence-electron chi connectivity index (χ2n) is 7.74. The second-order valence-corrected chi connectivity index (χ2v) is 7.74. The van der Waals surface area contributed by atoms with Crippen molar-refractivity contribution in [2.24, 2.45) is 5.92 Å². The first-order valence-corrected chi connectivity index (χ1v) is 10.4. The summed E-state index contributed by atoms with van der Waals surface area (Å²) in [5.41, 5.74) is 3.21. The lowest BCUT2D eigenvalue weighted by atomic mass is 9.90. The third kappa shape index (κ3) is 4.53. The van der Waals surface area contributed by atoms with E-state index in [-0.39, 0.29) is 5.91 Å². The molecule has 1 aliphatic rings. The van der Waals surface area contributed by atoms with Gasteiger partial charge in [-0.05, 0) is 61.4 Å². The average Bonchev–Trinajstić information content (AvgIpc) is 2.82. The highest BCUT2D eigenvalue weighted by atomic mass is 16.5. The van der Waals surface area contributed by atoms with Crippen LogP contribution in [0.15, 0.2) is 48.7 Å². The van der Waals surface area contributed by atoms with Gasteiger partial charge in [-0.15, -0.1) is 0 Å². The molecule has 6 heteroatoms. The van der Waals surface area contributed by atoms with E-state index in [0.717, 1.165) is 61.3 Å². The zero-order valence-corrected chi connectivity index (χ0v) is 17.5. The number of piperidine rings is 1. The minimum atomic E-state index is -0.0239. The first-order valence-electron chi connectivity index (χ1n) is 10.4. The number of hydrogen-bond acceptors (Lipinski definition) is 5. The number of hydrogen-bond donors (Lipinski definition) is 0. The Morgan fingerprint density at radius 3 is 2.37 bits per heavy atom. The van der Waals surface area contributed by atoms with E-state index in [1.54, 1.807) is 20.4 Å². The number of fused-ring (bicyclic) bond motifs is 1. The summed E-state index contributed by atoms with van der Waals surface area (Å²) in [6, 6.07) is 13.7. The van der Waals surface area contributed by atoms with Gasteiger partial charge < -0.3 is 14.4 Å². The van der Waals surface area contributed by atoms with Crippen molar-refractivity contribution in [2.75, 3.05) is 27.3 Å². The summed E-state index contributed by atoms with van der Waals surface area (Å²) in [5.74, 6) is 2.22. The molecule has 2 aromatic carbocycles. The van der Waals surface area contributed by atoms with Crippen molar-refractivity contribution in [3.05, 3.63) is 59.9 Å². The third-order valence-corrected chi connectivity index (χ3v) is 5.82. The van der Waals surface area contributed by atoms with Gasteiger partial charge in [-0.3, -0.25) is 9.78 Å². The fraction of sp³-hybridized carbons (Fsp3) is 0.375. The van der Waals surface area contributed by atoms with E-state index in [1.165, 1.54) is 5.56 Å². The minimum Gasteiger partial charge on any atom is -0.497 e. The highest BCUT2D eigenvalue weighted by Gasteiger charge is 2.24. The van der Waals surface area contributed by atoms with Crippen molar-refractivity contribution in [3.8, 4) is 11.5 Å². The number of aromatic nitrogens is 2. The quantitative estimate of drug-likeness (QED) is 0.617. The van der Waals surface area contributed by atoms with Gasteiger partial charge in [-0.25, -0.2) is 4.98 Å². The molecule has 1 aliphatic heterocycles. The van der Waals surface area contributed by atoms with Gasteiger partial charge >= 0.3 is 0 Å². The molecule has 156 valence electrons. The molecule has 1 fully saturated rings. The van der Waals surface area contributed by atoms with Crippen LogP contribution in [0.25, 0.3) is 11.0 Å². The van der Waals surface area contributed by atoms with Crippen LogP contribution in [-0.4, -0.2) is 48.1 Å². The Kier molecular flexibility index (Phi) is 6.12. The summed E-state index contributed by atoms with van der Waals surface area (Å²) in [7, 11) is 3.34. The molecule has 0 radical (unpaired) electrons. The van der Waals surface area contributed by atoms with Gasteiger partial charge in [0.25, 0.3) is 5.91 Å². The summed E-state index contributed by atoms with van der Waals surface area (Å²) in [4.78, 5) is 23.6. The number of carbonyl (C=O) groups is 1. The van der Waals surface area contributed by atoms with Crippen molar-refractivity contribution >= 4 is 16.9 Å². The molecule has 30 heavy (non-hydrogen) atoms. The Hall–Kier alpha value is -3.15. The molecule has 1 aromatic heterocycles. The standard InChI is InChI=1S/C24H27N3O3/c1-29-19-13-18(14-20(15-19)30-2)8-7-17-9-11-27(12-10-17)24(28)23-16-25-21-5-3-4-6-22(21)26-23/h3-6,13-17H,7-12H2,1-2H3. The molecule has 0 atom stereocenters. The zero-order chi connectivity index (χ0) is 20.9. The molecule has 0 unspecified atom stereocenters. The number of amides is 1. The van der Waals surface area contributed by atoms with Crippen molar-refractivity contribution in [1.82, 2.24) is 14.9 Å². The summed E-state index contributed by atoms with van der Waals surface area (Å²) in [5, 5.41) is 0. The number of methoxy groups -OCH3 is 2. The Bertz CT molecular complexity index is 1010. The van der Waals surface area contributed by atoms with Gasteiger partial charge in [-0.2, -0.15) is 0 Å². The van der Waals surface area contributed by atoms with Crippen LogP contribution in [-0.2, 0) is 6.42 Å². The maximum atomic E-state index is 12.9. The predicted molar refractivity (Wildman–Crippen MR) is 116 cm³/mol. The average molecular weight is 405 g/mol. The van der Waals surface area contributed by atoms with Crippen LogP contribution in [0.5, 0.6) is 11.5 Å². The summed E-state index contributed by atoms with van der Waals surface area (Å²) in [6.07, 6.45) is 5.67. The van der Waals surface area contributed by atoms with Crippen molar-refractivity contribution in [2.45, 2.75) is 25.7 Å². The Labute approximate surface area is 176 Å². The molecule has 0 spiro atoms. The molecule has 1 saturated heterocycles. The predicted octanol–water partition coefficient (Wildman–Crippen LogP) is 4.13. The number of carbonyl (C=O) groups excluding carboxylic acids is 1. The monoisotopic (exact) mass is 405 g/mol. The van der Waals surface area contributed by atoms with Crippen LogP contribution in [0, 0.1) is 5.92 Å². The van der Waals surface area contributed by atoms with Crippen LogP contribution in [0.2, 0.25) is 0 Å². The molecule has 2 heterocycles. The maximum Gasteiger partial charge on any atom is 0.274 e. The number of rotatable bonds is 6. The van der Waals surface area contributed by atoms with Crippen LogP contribution >= 0.6 is 0 Å². The van der Waals surface area contributed by atoms with Crippen molar-refractivity contribution in [3.63, 3.8) is 0 Å². The summed E-state index contributed by atoms with van der Waals surface area (Å²) >= 11 is 0. The van der Waals surface area contributed by atoms with Gasteiger partial charge in [0.05, 0.1) is 31.4 Å². The lowest BCUT2D eigenvalue weighted by molar-refractivity contribution is 0.0681. The van der Waals surface area contributed by atoms with E-state index in [9.17, 15) is 4.79 Å². The number of benzene rings is 2. The van der Waals surface area contributed by atoms with Crippen molar-refractivity contribution in [1.29, 1.82) is 0 Å². The lowest BCUT2D eigenvalue weighted by Gasteiger charge is -2.31. The van der Waals surface area contributed by atoms with Crippen LogP contribution < -0.4 is 9.47 Å². The van der Waals surface area contributed by atoms with E-state index >= 15 is 0 Å². The SMILES string of the molecule is COc1cc(CCC2CCN(C(=O)c3cnc4ccccc4n3)CC2)cc(OC)c1. The van der Waals surface area contributed by atoms with Crippen LogP contribution in [0.4, 0.5) is 0 Å². The Morgan fingerprint density at radius 2 is 1.70 bits per heavy atom. The second kappa shape index (κ2) is 9.11. The first kappa shape index (κ1) is 20.1. The van der Waals surface area contributed by atoms with Crippen LogP contribution in [0.3, 0.4) is 0 Å². The van der Waals surface area contributed by atoms with Crippen LogP contribution in [0.1, 0.15) is 35.3 Å². The molecule has 3 aromatic rings. The molecule has 0 aliphatic carbocycles. The molecule has 6 nitrogen and oxygen atoms in total. The number of likely N-dealkylation sites (tertiary alicyclic amines) is 1. The maximum absolute atomic E-state index is 12.9. The van der Waals surface area contributed by atoms with E-state index < -0.39 is 0 Å². The first-order chi connectivity index (χ1) is 14.7. The summed E-state index contributed by atoms with van der Waals surface area (Å²) in [6.45, 7) is 1.53. The number of nitrogens with zero attached hydrogens (tertiary/aromatic N) is 3. The normalized spacial score (nSPS) is 14.7. The number of ether oxygens (including phenoxy) is 2. The largest absolute Gasteiger partial charge is 0.497 e. The third-order valence-electron chi connectivity index (χ3n) is 5.82. The van der Waals surface area contributed by atoms with E-state index in [4.69, 9.17) is 9.47 Å². The molecule has 0 N–H and O–H groups in total. The molecule has 0 bridgehead atoms. The lowest BCUT2D eigenvalue weighted by Crippen LogP contribution is -2.39. The van der Waals surface area contributed by atoms with E-state index in [0.29, 0.717) is 11.6 Å². The highest BCUT2D eigenvalue weighted by molar-refractivity contribution is 5.93. The zero-order valence-electron chi connectivity index (χ0n) is 17.5. The van der Waals surface area contributed by atoms with Crippen molar-refractivity contribution < 1.29 is 14.3 Å². The molecular weight excluding hydrogens is 378 g/mol. The summed E-state index contributed by atoms with van der Waals surface area (Å²) < 4.78 is 10.7. The van der Waals surface area contributed by atoms with Gasteiger partial charge in [0, 0.05) is 19.2 Å². The number of aryl methyl sites for hydroxylation is 1. The van der Waals surface area contributed by atoms with Gasteiger partial charge in [0.1, 0.15) is 17.2 Å². The topological polar surface area (TPSA) is 64.5 Å². The van der Waals surface area contributed by atoms with E-state index in [2.05, 4.69) is 22.1 Å². The molecular formula is C24H27N3O3.